The van der Waals surface area contributed by atoms with Gasteiger partial charge >= 0.3 is 0 Å². The molecular weight excluding hydrogens is 352 g/mol. The van der Waals surface area contributed by atoms with Gasteiger partial charge in [-0.25, -0.2) is 8.42 Å². The minimum atomic E-state index is -3.79. The highest BCUT2D eigenvalue weighted by Crippen LogP contribution is 2.21. The number of methoxy groups -OCH3 is 1. The average Bonchev–Trinajstić information content (AvgIpc) is 3.15. The molecule has 0 aliphatic heterocycles. The fourth-order valence-electron chi connectivity index (χ4n) is 3.02. The van der Waals surface area contributed by atoms with E-state index in [4.69, 9.17) is 4.74 Å². The van der Waals surface area contributed by atoms with Gasteiger partial charge in [-0.2, -0.15) is 0 Å². The molecule has 0 saturated heterocycles. The molecule has 1 fully saturated rings. The average molecular weight is 374 g/mol. The van der Waals surface area contributed by atoms with E-state index in [9.17, 15) is 13.2 Å². The predicted molar refractivity (Wildman–Crippen MR) is 100.0 cm³/mol. The molecular formula is C19H22N2O4S. The highest BCUT2D eigenvalue weighted by Gasteiger charge is 2.20. The van der Waals surface area contributed by atoms with Crippen LogP contribution in [0.4, 0.5) is 5.69 Å². The normalized spacial score (nSPS) is 14.8. The second-order valence-electron chi connectivity index (χ2n) is 6.32. The van der Waals surface area contributed by atoms with E-state index >= 15 is 0 Å². The summed E-state index contributed by atoms with van der Waals surface area (Å²) in [5.74, 6) is 0.400. The number of benzene rings is 2. The van der Waals surface area contributed by atoms with Crippen LogP contribution in [0.1, 0.15) is 36.0 Å². The monoisotopic (exact) mass is 374 g/mol. The third-order valence-corrected chi connectivity index (χ3v) is 5.82. The van der Waals surface area contributed by atoms with Gasteiger partial charge in [0.25, 0.3) is 15.9 Å². The van der Waals surface area contributed by atoms with Crippen LogP contribution in [0, 0.1) is 0 Å². The summed E-state index contributed by atoms with van der Waals surface area (Å²) in [6.45, 7) is 0. The first kappa shape index (κ1) is 18.3. The van der Waals surface area contributed by atoms with Crippen molar-refractivity contribution < 1.29 is 17.9 Å². The molecule has 1 amide bonds. The number of ether oxygens (including phenoxy) is 1. The zero-order valence-electron chi connectivity index (χ0n) is 14.6. The molecule has 0 bridgehead atoms. The lowest BCUT2D eigenvalue weighted by molar-refractivity contribution is 0.0937. The SMILES string of the molecule is COc1ccc(NS(=O)(=O)c2cccc(C(=O)NC3CCCC3)c2)cc1. The van der Waals surface area contributed by atoms with Crippen molar-refractivity contribution in [3.05, 3.63) is 54.1 Å². The smallest absolute Gasteiger partial charge is 0.261 e. The standard InChI is InChI=1S/C19H22N2O4S/c1-25-17-11-9-16(10-12-17)21-26(23,24)18-8-4-5-14(13-18)19(22)20-15-6-2-3-7-15/h4-5,8-13,15,21H,2-3,6-7H2,1H3,(H,20,22). The van der Waals surface area contributed by atoms with Crippen LogP contribution >= 0.6 is 0 Å². The fraction of sp³-hybridized carbons (Fsp3) is 0.316. The quantitative estimate of drug-likeness (QED) is 0.813. The van der Waals surface area contributed by atoms with Crippen molar-refractivity contribution in [2.75, 3.05) is 11.8 Å². The number of amides is 1. The molecule has 0 atom stereocenters. The highest BCUT2D eigenvalue weighted by molar-refractivity contribution is 7.92. The van der Waals surface area contributed by atoms with Crippen molar-refractivity contribution in [3.63, 3.8) is 0 Å². The molecule has 1 aliphatic rings. The molecule has 2 N–H and O–H groups in total. The van der Waals surface area contributed by atoms with E-state index in [0.29, 0.717) is 17.0 Å². The largest absolute Gasteiger partial charge is 0.497 e. The summed E-state index contributed by atoms with van der Waals surface area (Å²) in [7, 11) is -2.24. The Hall–Kier alpha value is -2.54. The molecule has 0 unspecified atom stereocenters. The van der Waals surface area contributed by atoms with Gasteiger partial charge in [-0.1, -0.05) is 18.9 Å². The molecule has 26 heavy (non-hydrogen) atoms. The van der Waals surface area contributed by atoms with Crippen LogP contribution in [0.15, 0.2) is 53.4 Å². The lowest BCUT2D eigenvalue weighted by Crippen LogP contribution is -2.32. The summed E-state index contributed by atoms with van der Waals surface area (Å²) in [5.41, 5.74) is 0.765. The van der Waals surface area contributed by atoms with Gasteiger partial charge in [-0.3, -0.25) is 9.52 Å². The van der Waals surface area contributed by atoms with E-state index in [2.05, 4.69) is 10.0 Å². The van der Waals surface area contributed by atoms with Crippen molar-refractivity contribution in [3.8, 4) is 5.75 Å². The van der Waals surface area contributed by atoms with Crippen molar-refractivity contribution in [1.29, 1.82) is 0 Å². The van der Waals surface area contributed by atoms with Gasteiger partial charge < -0.3 is 10.1 Å². The zero-order valence-corrected chi connectivity index (χ0v) is 15.4. The van der Waals surface area contributed by atoms with Crippen LogP contribution in [-0.2, 0) is 10.0 Å². The maximum atomic E-state index is 12.6. The fourth-order valence-corrected chi connectivity index (χ4v) is 4.12. The van der Waals surface area contributed by atoms with Crippen LogP contribution in [0.25, 0.3) is 0 Å². The molecule has 6 nitrogen and oxygen atoms in total. The number of hydrogen-bond donors (Lipinski definition) is 2. The Bertz CT molecular complexity index is 873. The van der Waals surface area contributed by atoms with Gasteiger partial charge in [0.15, 0.2) is 0 Å². The maximum Gasteiger partial charge on any atom is 0.261 e. The summed E-state index contributed by atoms with van der Waals surface area (Å²) in [6.07, 6.45) is 4.18. The van der Waals surface area contributed by atoms with E-state index < -0.39 is 10.0 Å². The molecule has 2 aromatic rings. The lowest BCUT2D eigenvalue weighted by Gasteiger charge is -2.13. The summed E-state index contributed by atoms with van der Waals surface area (Å²) < 4.78 is 32.8. The number of anilines is 1. The zero-order chi connectivity index (χ0) is 18.6. The van der Waals surface area contributed by atoms with Gasteiger partial charge in [0.05, 0.1) is 12.0 Å². The number of rotatable bonds is 6. The summed E-state index contributed by atoms with van der Waals surface area (Å²) in [5, 5.41) is 2.97. The first-order valence-electron chi connectivity index (χ1n) is 8.56. The molecule has 1 aliphatic carbocycles. The minimum absolute atomic E-state index is 0.0485. The Morgan fingerprint density at radius 2 is 1.77 bits per heavy atom. The molecule has 7 heteroatoms. The predicted octanol–water partition coefficient (Wildman–Crippen LogP) is 3.17. The van der Waals surface area contributed by atoms with Crippen LogP contribution in [0.2, 0.25) is 0 Å². The topological polar surface area (TPSA) is 84.5 Å². The Morgan fingerprint density at radius 1 is 1.08 bits per heavy atom. The van der Waals surface area contributed by atoms with Crippen molar-refractivity contribution in [2.24, 2.45) is 0 Å². The molecule has 0 spiro atoms. The van der Waals surface area contributed by atoms with Gasteiger partial charge in [0, 0.05) is 17.3 Å². The Labute approximate surface area is 153 Å². The number of nitrogens with one attached hydrogen (secondary N) is 2. The van der Waals surface area contributed by atoms with Crippen molar-refractivity contribution in [1.82, 2.24) is 5.32 Å². The van der Waals surface area contributed by atoms with Crippen LogP contribution < -0.4 is 14.8 Å². The third-order valence-electron chi connectivity index (χ3n) is 4.44. The summed E-state index contributed by atoms with van der Waals surface area (Å²) in [4.78, 5) is 12.4. The van der Waals surface area contributed by atoms with Gasteiger partial charge in [-0.05, 0) is 55.3 Å². The molecule has 0 aromatic heterocycles. The van der Waals surface area contributed by atoms with E-state index in [1.54, 1.807) is 43.5 Å². The van der Waals surface area contributed by atoms with Gasteiger partial charge in [0.1, 0.15) is 5.75 Å². The second kappa shape index (κ2) is 7.78. The lowest BCUT2D eigenvalue weighted by atomic mass is 10.2. The van der Waals surface area contributed by atoms with Crippen molar-refractivity contribution in [2.45, 2.75) is 36.6 Å². The van der Waals surface area contributed by atoms with Gasteiger partial charge in [-0.15, -0.1) is 0 Å². The molecule has 2 aromatic carbocycles. The number of hydrogen-bond acceptors (Lipinski definition) is 4. The molecule has 0 radical (unpaired) electrons. The van der Waals surface area contributed by atoms with E-state index in [1.165, 1.54) is 12.1 Å². The van der Waals surface area contributed by atoms with E-state index in [1.807, 2.05) is 0 Å². The summed E-state index contributed by atoms with van der Waals surface area (Å²) in [6, 6.07) is 12.8. The second-order valence-corrected chi connectivity index (χ2v) is 8.00. The number of carbonyl (C=O) groups is 1. The number of sulfonamides is 1. The molecule has 3 rings (SSSR count). The molecule has 0 heterocycles. The minimum Gasteiger partial charge on any atom is -0.497 e. The Morgan fingerprint density at radius 3 is 2.42 bits per heavy atom. The Kier molecular flexibility index (Phi) is 5.46. The van der Waals surface area contributed by atoms with Crippen molar-refractivity contribution >= 4 is 21.6 Å². The third kappa shape index (κ3) is 4.35. The first-order valence-corrected chi connectivity index (χ1v) is 10.0. The van der Waals surface area contributed by atoms with Crippen LogP contribution in [-0.4, -0.2) is 27.5 Å². The highest BCUT2D eigenvalue weighted by atomic mass is 32.2. The van der Waals surface area contributed by atoms with Gasteiger partial charge in [0.2, 0.25) is 0 Å². The first-order chi connectivity index (χ1) is 12.5. The number of carbonyl (C=O) groups excluding carboxylic acids is 1. The van der Waals surface area contributed by atoms with E-state index in [0.717, 1.165) is 25.7 Å². The molecule has 138 valence electrons. The van der Waals surface area contributed by atoms with Crippen LogP contribution in [0.5, 0.6) is 5.75 Å². The maximum absolute atomic E-state index is 12.6. The van der Waals surface area contributed by atoms with E-state index in [-0.39, 0.29) is 16.8 Å². The Balaban J connectivity index is 1.75. The van der Waals surface area contributed by atoms with Crippen LogP contribution in [0.3, 0.4) is 0 Å². The summed E-state index contributed by atoms with van der Waals surface area (Å²) >= 11 is 0. The molecule has 1 saturated carbocycles.